The molecule has 0 aliphatic heterocycles. The Kier molecular flexibility index (Phi) is 4.49. The first-order chi connectivity index (χ1) is 9.18. The molecule has 5 nitrogen and oxygen atoms in total. The van der Waals surface area contributed by atoms with E-state index >= 15 is 0 Å². The largest absolute Gasteiger partial charge is 0.481 e. The molecule has 2 N–H and O–H groups in total. The highest BCUT2D eigenvalue weighted by molar-refractivity contribution is 5.84. The third-order valence-corrected chi connectivity index (χ3v) is 3.59. The van der Waals surface area contributed by atoms with E-state index in [1.165, 1.54) is 0 Å². The van der Waals surface area contributed by atoms with Crippen molar-refractivity contribution in [2.45, 2.75) is 32.2 Å². The average molecular weight is 262 g/mol. The van der Waals surface area contributed by atoms with Gasteiger partial charge in [0, 0.05) is 6.20 Å². The molecule has 1 aliphatic carbocycles. The number of nitrogens with one attached hydrogen (secondary N) is 1. The van der Waals surface area contributed by atoms with Crippen LogP contribution >= 0.6 is 0 Å². The summed E-state index contributed by atoms with van der Waals surface area (Å²) in [7, 11) is 0. The van der Waals surface area contributed by atoms with Crippen molar-refractivity contribution in [1.82, 2.24) is 10.3 Å². The molecule has 0 aromatic carbocycles. The number of nitrogens with zero attached hydrogens (tertiary/aromatic N) is 1. The number of amides is 1. The van der Waals surface area contributed by atoms with Gasteiger partial charge in [0.1, 0.15) is 0 Å². The lowest BCUT2D eigenvalue weighted by atomic mass is 9.78. The van der Waals surface area contributed by atoms with E-state index in [-0.39, 0.29) is 5.91 Å². The van der Waals surface area contributed by atoms with Gasteiger partial charge in [-0.3, -0.25) is 14.6 Å². The first kappa shape index (κ1) is 13.5. The molecule has 1 fully saturated rings. The second kappa shape index (κ2) is 6.31. The van der Waals surface area contributed by atoms with Crippen molar-refractivity contribution in [1.29, 1.82) is 0 Å². The number of pyridine rings is 1. The van der Waals surface area contributed by atoms with Crippen LogP contribution in [0.25, 0.3) is 0 Å². The SMILES string of the molecule is O=C(O)[C@H]1CCCC[C@@H]1C(=O)NCc1ccccn1. The Morgan fingerprint density at radius 3 is 2.63 bits per heavy atom. The maximum atomic E-state index is 12.1. The van der Waals surface area contributed by atoms with Gasteiger partial charge in [-0.2, -0.15) is 0 Å². The monoisotopic (exact) mass is 262 g/mol. The van der Waals surface area contributed by atoms with Gasteiger partial charge in [0.05, 0.1) is 24.1 Å². The molecular weight excluding hydrogens is 244 g/mol. The predicted molar refractivity (Wildman–Crippen MR) is 69.2 cm³/mol. The first-order valence-corrected chi connectivity index (χ1v) is 6.59. The van der Waals surface area contributed by atoms with Gasteiger partial charge in [-0.05, 0) is 25.0 Å². The van der Waals surface area contributed by atoms with E-state index in [0.717, 1.165) is 18.5 Å². The molecule has 1 heterocycles. The molecule has 0 radical (unpaired) electrons. The predicted octanol–water partition coefficient (Wildman–Crippen LogP) is 1.59. The van der Waals surface area contributed by atoms with Crippen LogP contribution in [0.2, 0.25) is 0 Å². The van der Waals surface area contributed by atoms with Crippen molar-refractivity contribution < 1.29 is 14.7 Å². The molecule has 5 heteroatoms. The quantitative estimate of drug-likeness (QED) is 0.863. The molecule has 2 rings (SSSR count). The van der Waals surface area contributed by atoms with Crippen molar-refractivity contribution >= 4 is 11.9 Å². The number of carbonyl (C=O) groups excluding carboxylic acids is 1. The summed E-state index contributed by atoms with van der Waals surface area (Å²) in [6, 6.07) is 5.50. The second-order valence-electron chi connectivity index (χ2n) is 4.87. The Morgan fingerprint density at radius 2 is 2.00 bits per heavy atom. The number of carboxylic acid groups (broad SMARTS) is 1. The zero-order valence-electron chi connectivity index (χ0n) is 10.7. The number of aromatic nitrogens is 1. The van der Waals surface area contributed by atoms with Crippen LogP contribution in [0, 0.1) is 11.8 Å². The number of rotatable bonds is 4. The fraction of sp³-hybridized carbons (Fsp3) is 0.500. The molecule has 2 atom stereocenters. The molecule has 1 amide bonds. The molecule has 1 saturated carbocycles. The third kappa shape index (κ3) is 3.53. The number of carbonyl (C=O) groups is 2. The molecule has 19 heavy (non-hydrogen) atoms. The molecule has 1 aliphatic rings. The van der Waals surface area contributed by atoms with E-state index in [1.807, 2.05) is 18.2 Å². The highest BCUT2D eigenvalue weighted by Gasteiger charge is 2.35. The van der Waals surface area contributed by atoms with Crippen LogP contribution in [0.1, 0.15) is 31.4 Å². The molecule has 1 aromatic rings. The molecule has 0 bridgehead atoms. The number of hydrogen-bond acceptors (Lipinski definition) is 3. The van der Waals surface area contributed by atoms with Crippen LogP contribution < -0.4 is 5.32 Å². The highest BCUT2D eigenvalue weighted by Crippen LogP contribution is 2.30. The van der Waals surface area contributed by atoms with Crippen LogP contribution in [0.15, 0.2) is 24.4 Å². The lowest BCUT2D eigenvalue weighted by Gasteiger charge is -2.27. The van der Waals surface area contributed by atoms with Gasteiger partial charge in [-0.25, -0.2) is 0 Å². The lowest BCUT2D eigenvalue weighted by Crippen LogP contribution is -2.39. The van der Waals surface area contributed by atoms with Crippen molar-refractivity contribution in [3.63, 3.8) is 0 Å². The van der Waals surface area contributed by atoms with Crippen molar-refractivity contribution in [3.8, 4) is 0 Å². The zero-order chi connectivity index (χ0) is 13.7. The summed E-state index contributed by atoms with van der Waals surface area (Å²) in [5.74, 6) is -1.98. The molecule has 0 spiro atoms. The molecule has 0 saturated heterocycles. The van der Waals surface area contributed by atoms with Crippen molar-refractivity contribution in [2.75, 3.05) is 0 Å². The van der Waals surface area contributed by atoms with Gasteiger partial charge in [0.15, 0.2) is 0 Å². The van der Waals surface area contributed by atoms with Gasteiger partial charge in [-0.15, -0.1) is 0 Å². The highest BCUT2D eigenvalue weighted by atomic mass is 16.4. The van der Waals surface area contributed by atoms with E-state index in [4.69, 9.17) is 5.11 Å². The Hall–Kier alpha value is -1.91. The Bertz CT molecular complexity index is 447. The van der Waals surface area contributed by atoms with Crippen LogP contribution in [0.4, 0.5) is 0 Å². The molecule has 102 valence electrons. The van der Waals surface area contributed by atoms with Crippen LogP contribution in [-0.2, 0) is 16.1 Å². The van der Waals surface area contributed by atoms with Crippen molar-refractivity contribution in [3.05, 3.63) is 30.1 Å². The van der Waals surface area contributed by atoms with E-state index in [0.29, 0.717) is 19.4 Å². The van der Waals surface area contributed by atoms with Gasteiger partial charge < -0.3 is 10.4 Å². The van der Waals surface area contributed by atoms with E-state index in [2.05, 4.69) is 10.3 Å². The summed E-state index contributed by atoms with van der Waals surface area (Å²) in [4.78, 5) is 27.4. The van der Waals surface area contributed by atoms with E-state index < -0.39 is 17.8 Å². The fourth-order valence-corrected chi connectivity index (χ4v) is 2.55. The topological polar surface area (TPSA) is 79.3 Å². The standard InChI is InChI=1S/C14H18N2O3/c17-13(16-9-10-5-3-4-8-15-10)11-6-1-2-7-12(11)14(18)19/h3-5,8,11-12H,1-2,6-7,9H2,(H,16,17)(H,18,19)/t11-,12-/m0/s1. The van der Waals surface area contributed by atoms with Gasteiger partial charge >= 0.3 is 5.97 Å². The van der Waals surface area contributed by atoms with E-state index in [9.17, 15) is 9.59 Å². The average Bonchev–Trinajstić information content (AvgIpc) is 2.46. The minimum atomic E-state index is -0.863. The zero-order valence-corrected chi connectivity index (χ0v) is 10.7. The maximum absolute atomic E-state index is 12.1. The Morgan fingerprint density at radius 1 is 1.26 bits per heavy atom. The van der Waals surface area contributed by atoms with Gasteiger partial charge in [-0.1, -0.05) is 18.9 Å². The van der Waals surface area contributed by atoms with Gasteiger partial charge in [0.2, 0.25) is 5.91 Å². The van der Waals surface area contributed by atoms with Crippen LogP contribution in [-0.4, -0.2) is 22.0 Å². The molecule has 1 aromatic heterocycles. The third-order valence-electron chi connectivity index (χ3n) is 3.59. The lowest BCUT2D eigenvalue weighted by molar-refractivity contribution is -0.148. The van der Waals surface area contributed by atoms with E-state index in [1.54, 1.807) is 6.20 Å². The summed E-state index contributed by atoms with van der Waals surface area (Å²) in [5, 5.41) is 11.9. The minimum absolute atomic E-state index is 0.169. The smallest absolute Gasteiger partial charge is 0.307 e. The Balaban J connectivity index is 1.93. The maximum Gasteiger partial charge on any atom is 0.307 e. The van der Waals surface area contributed by atoms with Crippen LogP contribution in [0.5, 0.6) is 0 Å². The molecule has 0 unspecified atom stereocenters. The number of hydrogen-bond donors (Lipinski definition) is 2. The van der Waals surface area contributed by atoms with Crippen molar-refractivity contribution in [2.24, 2.45) is 11.8 Å². The summed E-state index contributed by atoms with van der Waals surface area (Å²) in [6.07, 6.45) is 4.73. The summed E-state index contributed by atoms with van der Waals surface area (Å²) in [6.45, 7) is 0.350. The fourth-order valence-electron chi connectivity index (χ4n) is 2.55. The first-order valence-electron chi connectivity index (χ1n) is 6.59. The summed E-state index contributed by atoms with van der Waals surface area (Å²) < 4.78 is 0. The summed E-state index contributed by atoms with van der Waals surface area (Å²) >= 11 is 0. The minimum Gasteiger partial charge on any atom is -0.481 e. The second-order valence-corrected chi connectivity index (χ2v) is 4.87. The molecular formula is C14H18N2O3. The number of carboxylic acids is 1. The number of aliphatic carboxylic acids is 1. The normalized spacial score (nSPS) is 22.7. The van der Waals surface area contributed by atoms with Crippen LogP contribution in [0.3, 0.4) is 0 Å². The Labute approximate surface area is 112 Å². The summed E-state index contributed by atoms with van der Waals surface area (Å²) in [5.41, 5.74) is 0.776. The van der Waals surface area contributed by atoms with Gasteiger partial charge in [0.25, 0.3) is 0 Å².